The van der Waals surface area contributed by atoms with Crippen LogP contribution in [0.3, 0.4) is 0 Å². The maximum absolute atomic E-state index is 12.9. The molecule has 0 amide bonds. The van der Waals surface area contributed by atoms with Gasteiger partial charge in [-0.1, -0.05) is 60.7 Å². The van der Waals surface area contributed by atoms with Gasteiger partial charge in [-0.05, 0) is 38.4 Å². The number of hydrogen-bond donors (Lipinski definition) is 0. The molecule has 0 saturated heterocycles. The molecule has 5 rings (SSSR count). The number of rotatable bonds is 2. The van der Waals surface area contributed by atoms with Gasteiger partial charge in [-0.15, -0.1) is 0 Å². The molecule has 0 radical (unpaired) electrons. The first-order valence-corrected chi connectivity index (χ1v) is 9.78. The molecule has 0 aliphatic heterocycles. The molecule has 0 atom stereocenters. The molecule has 3 nitrogen and oxygen atoms in total. The Kier molecular flexibility index (Phi) is 3.34. The summed E-state index contributed by atoms with van der Waals surface area (Å²) in [7, 11) is -5.79. The number of benzene rings is 5. The number of fused-ring (bicyclic) bond motifs is 2. The average molecular weight is 400 g/mol. The fraction of sp³-hybridized carbons (Fsp3) is 0.0476. The number of hydrogen-bond acceptors (Lipinski definition) is 3. The Bertz CT molecular complexity index is 1480. The zero-order chi connectivity index (χ0) is 19.7. The minimum Gasteiger partial charge on any atom is -0.375 e. The van der Waals surface area contributed by atoms with Gasteiger partial charge in [0, 0.05) is 10.8 Å². The van der Waals surface area contributed by atoms with E-state index >= 15 is 0 Å². The molecule has 0 heterocycles. The molecule has 5 aromatic carbocycles. The van der Waals surface area contributed by atoms with Crippen LogP contribution in [-0.4, -0.2) is 13.9 Å². The summed E-state index contributed by atoms with van der Waals surface area (Å²) in [6.07, 6.45) is 0. The highest BCUT2D eigenvalue weighted by Gasteiger charge is 2.48. The molecule has 140 valence electrons. The smallest absolute Gasteiger partial charge is 0.375 e. The highest BCUT2D eigenvalue weighted by atomic mass is 32.2. The predicted octanol–water partition coefficient (Wildman–Crippen LogP) is 5.97. The quantitative estimate of drug-likeness (QED) is 0.159. The second-order valence-electron chi connectivity index (χ2n) is 6.53. The molecule has 0 bridgehead atoms. The van der Waals surface area contributed by atoms with Crippen molar-refractivity contribution in [2.24, 2.45) is 0 Å². The van der Waals surface area contributed by atoms with E-state index in [2.05, 4.69) is 4.18 Å². The zero-order valence-corrected chi connectivity index (χ0v) is 14.9. The van der Waals surface area contributed by atoms with Crippen LogP contribution in [0.4, 0.5) is 13.2 Å². The number of halogens is 3. The normalized spacial score (nSPS) is 13.1. The van der Waals surface area contributed by atoms with Gasteiger partial charge in [0.2, 0.25) is 0 Å². The molecule has 0 N–H and O–H groups in total. The third kappa shape index (κ3) is 2.26. The molecule has 0 spiro atoms. The summed E-state index contributed by atoms with van der Waals surface area (Å²) in [5, 5.41) is 5.99. The van der Waals surface area contributed by atoms with E-state index in [0.717, 1.165) is 26.9 Å². The van der Waals surface area contributed by atoms with E-state index in [1.807, 2.05) is 42.5 Å². The molecular weight excluding hydrogens is 389 g/mol. The second-order valence-corrected chi connectivity index (χ2v) is 8.07. The highest BCUT2D eigenvalue weighted by Crippen LogP contribution is 2.44. The lowest BCUT2D eigenvalue weighted by molar-refractivity contribution is -0.0499. The van der Waals surface area contributed by atoms with Gasteiger partial charge in [0.15, 0.2) is 5.75 Å². The summed E-state index contributed by atoms with van der Waals surface area (Å²) >= 11 is 0. The molecule has 28 heavy (non-hydrogen) atoms. The average Bonchev–Trinajstić information content (AvgIpc) is 2.65. The monoisotopic (exact) mass is 400 g/mol. The van der Waals surface area contributed by atoms with E-state index in [1.165, 1.54) is 6.07 Å². The van der Waals surface area contributed by atoms with Crippen LogP contribution < -0.4 is 4.18 Å². The zero-order valence-electron chi connectivity index (χ0n) is 14.1. The van der Waals surface area contributed by atoms with Crippen LogP contribution in [0.2, 0.25) is 0 Å². The van der Waals surface area contributed by atoms with Crippen molar-refractivity contribution in [3.63, 3.8) is 0 Å². The summed E-state index contributed by atoms with van der Waals surface area (Å²) in [5.41, 5.74) is -5.51. The third-order valence-electron chi connectivity index (χ3n) is 4.95. The molecule has 0 aliphatic rings. The topological polar surface area (TPSA) is 43.4 Å². The SMILES string of the molecule is O=S(=O)(Oc1ccc2cccc3c4cccc5cccc(c1c23)c54)C(F)(F)F. The lowest BCUT2D eigenvalue weighted by atomic mass is 9.89. The number of alkyl halides is 3. The molecule has 0 unspecified atom stereocenters. The third-order valence-corrected chi connectivity index (χ3v) is 5.92. The maximum atomic E-state index is 12.9. The summed E-state index contributed by atoms with van der Waals surface area (Å²) in [4.78, 5) is 0. The van der Waals surface area contributed by atoms with Crippen molar-refractivity contribution in [2.45, 2.75) is 5.51 Å². The van der Waals surface area contributed by atoms with E-state index in [-0.39, 0.29) is 5.75 Å². The van der Waals surface area contributed by atoms with Crippen LogP contribution >= 0.6 is 0 Å². The predicted molar refractivity (Wildman–Crippen MR) is 103 cm³/mol. The Labute approximate surface area is 157 Å². The molecule has 0 aromatic heterocycles. The molecule has 7 heteroatoms. The van der Waals surface area contributed by atoms with Crippen molar-refractivity contribution in [1.82, 2.24) is 0 Å². The minimum atomic E-state index is -5.79. The van der Waals surface area contributed by atoms with E-state index in [1.54, 1.807) is 18.2 Å². The van der Waals surface area contributed by atoms with Crippen LogP contribution in [-0.2, 0) is 10.1 Å². The van der Waals surface area contributed by atoms with Gasteiger partial charge >= 0.3 is 15.6 Å². The van der Waals surface area contributed by atoms with Crippen LogP contribution in [0.15, 0.2) is 66.7 Å². The standard InChI is InChI=1S/C21H11F3O3S/c22-21(23,24)28(25,26)27-17-11-10-13-6-2-8-15-14-7-1-4-12-5-3-9-16(18(12)14)20(17)19(13)15/h1-11H. The van der Waals surface area contributed by atoms with E-state index in [9.17, 15) is 21.6 Å². The van der Waals surface area contributed by atoms with Crippen molar-refractivity contribution in [2.75, 3.05) is 0 Å². The summed E-state index contributed by atoms with van der Waals surface area (Å²) < 4.78 is 66.7. The van der Waals surface area contributed by atoms with Crippen molar-refractivity contribution >= 4 is 53.2 Å². The van der Waals surface area contributed by atoms with Crippen LogP contribution in [0.1, 0.15) is 0 Å². The van der Waals surface area contributed by atoms with Crippen molar-refractivity contribution < 1.29 is 25.8 Å². The largest absolute Gasteiger partial charge is 0.534 e. The molecular formula is C21H11F3O3S. The fourth-order valence-corrected chi connectivity index (χ4v) is 4.33. The highest BCUT2D eigenvalue weighted by molar-refractivity contribution is 7.88. The lowest BCUT2D eigenvalue weighted by Crippen LogP contribution is -2.28. The minimum absolute atomic E-state index is 0.334. The second kappa shape index (κ2) is 5.48. The molecule has 5 aromatic rings. The lowest BCUT2D eigenvalue weighted by Gasteiger charge is -2.17. The Hall–Kier alpha value is -3.06. The van der Waals surface area contributed by atoms with Crippen molar-refractivity contribution in [1.29, 1.82) is 0 Å². The first-order chi connectivity index (χ1) is 13.3. The van der Waals surface area contributed by atoms with Crippen molar-refractivity contribution in [3.05, 3.63) is 66.7 Å². The molecule has 0 saturated carbocycles. The summed E-state index contributed by atoms with van der Waals surface area (Å²) in [6.45, 7) is 0. The fourth-order valence-electron chi connectivity index (χ4n) is 3.86. The van der Waals surface area contributed by atoms with E-state index in [4.69, 9.17) is 0 Å². The van der Waals surface area contributed by atoms with Gasteiger partial charge in [-0.25, -0.2) is 0 Å². The van der Waals surface area contributed by atoms with Crippen LogP contribution in [0.25, 0.3) is 43.1 Å². The van der Waals surface area contributed by atoms with Gasteiger partial charge in [-0.3, -0.25) is 0 Å². The first-order valence-electron chi connectivity index (χ1n) is 8.37. The summed E-state index contributed by atoms with van der Waals surface area (Å²) in [5.74, 6) is -0.334. The van der Waals surface area contributed by atoms with Gasteiger partial charge in [0.1, 0.15) is 0 Å². The Morgan fingerprint density at radius 1 is 0.643 bits per heavy atom. The van der Waals surface area contributed by atoms with E-state index in [0.29, 0.717) is 16.2 Å². The summed E-state index contributed by atoms with van der Waals surface area (Å²) in [6, 6.07) is 19.6. The van der Waals surface area contributed by atoms with Gasteiger partial charge in [0.05, 0.1) is 0 Å². The molecule has 0 fully saturated rings. The van der Waals surface area contributed by atoms with Gasteiger partial charge < -0.3 is 4.18 Å². The Morgan fingerprint density at radius 2 is 1.18 bits per heavy atom. The van der Waals surface area contributed by atoms with E-state index < -0.39 is 15.6 Å². The van der Waals surface area contributed by atoms with Gasteiger partial charge in [0.25, 0.3) is 0 Å². The maximum Gasteiger partial charge on any atom is 0.534 e. The van der Waals surface area contributed by atoms with Gasteiger partial charge in [-0.2, -0.15) is 21.6 Å². The Morgan fingerprint density at radius 3 is 1.79 bits per heavy atom. The van der Waals surface area contributed by atoms with Crippen molar-refractivity contribution in [3.8, 4) is 5.75 Å². The first kappa shape index (κ1) is 17.1. The van der Waals surface area contributed by atoms with Crippen LogP contribution in [0.5, 0.6) is 5.75 Å². The molecule has 0 aliphatic carbocycles. The Balaban J connectivity index is 2.01. The van der Waals surface area contributed by atoms with Crippen LogP contribution in [0, 0.1) is 0 Å².